The number of carbonyl (C=O) groups excluding carboxylic acids is 1. The van der Waals surface area contributed by atoms with E-state index in [1.54, 1.807) is 23.5 Å². The van der Waals surface area contributed by atoms with Crippen LogP contribution in [0, 0.1) is 5.82 Å². The summed E-state index contributed by atoms with van der Waals surface area (Å²) in [4.78, 5) is 16.1. The SMILES string of the molecule is O=C(NCC(c1cccs1)N1CCCCCC1)c1cccc(F)c1. The summed E-state index contributed by atoms with van der Waals surface area (Å²) in [6.45, 7) is 2.69. The minimum Gasteiger partial charge on any atom is -0.350 e. The average molecular weight is 346 g/mol. The molecule has 3 rings (SSSR count). The van der Waals surface area contributed by atoms with E-state index >= 15 is 0 Å². The van der Waals surface area contributed by atoms with Crippen molar-refractivity contribution in [3.63, 3.8) is 0 Å². The maximum absolute atomic E-state index is 13.3. The van der Waals surface area contributed by atoms with E-state index in [9.17, 15) is 9.18 Å². The van der Waals surface area contributed by atoms with E-state index in [1.807, 2.05) is 0 Å². The third-order valence-corrected chi connectivity index (χ3v) is 5.47. The Morgan fingerprint density at radius 2 is 1.96 bits per heavy atom. The van der Waals surface area contributed by atoms with Crippen LogP contribution in [-0.2, 0) is 0 Å². The van der Waals surface area contributed by atoms with Gasteiger partial charge in [0.25, 0.3) is 5.91 Å². The Morgan fingerprint density at radius 1 is 1.17 bits per heavy atom. The summed E-state index contributed by atoms with van der Waals surface area (Å²) in [7, 11) is 0. The van der Waals surface area contributed by atoms with Crippen LogP contribution in [0.15, 0.2) is 41.8 Å². The van der Waals surface area contributed by atoms with Crippen LogP contribution in [0.4, 0.5) is 4.39 Å². The van der Waals surface area contributed by atoms with Gasteiger partial charge in [0.2, 0.25) is 0 Å². The van der Waals surface area contributed by atoms with Crippen molar-refractivity contribution >= 4 is 17.2 Å². The molecule has 1 amide bonds. The smallest absolute Gasteiger partial charge is 0.251 e. The molecule has 0 saturated carbocycles. The number of amides is 1. The Kier molecular flexibility index (Phi) is 5.99. The second-order valence-corrected chi connectivity index (χ2v) is 7.18. The van der Waals surface area contributed by atoms with Gasteiger partial charge in [0, 0.05) is 17.0 Å². The lowest BCUT2D eigenvalue weighted by atomic mass is 10.1. The third kappa shape index (κ3) is 4.42. The quantitative estimate of drug-likeness (QED) is 0.878. The minimum absolute atomic E-state index is 0.195. The molecular weight excluding hydrogens is 323 g/mol. The first-order valence-electron chi connectivity index (χ1n) is 8.55. The summed E-state index contributed by atoms with van der Waals surface area (Å²) in [5.41, 5.74) is 0.371. The number of benzene rings is 1. The van der Waals surface area contributed by atoms with Crippen LogP contribution >= 0.6 is 11.3 Å². The monoisotopic (exact) mass is 346 g/mol. The van der Waals surface area contributed by atoms with E-state index in [4.69, 9.17) is 0 Å². The Morgan fingerprint density at radius 3 is 2.62 bits per heavy atom. The van der Waals surface area contributed by atoms with Crippen LogP contribution in [0.1, 0.15) is 47.0 Å². The fourth-order valence-corrected chi connectivity index (χ4v) is 4.08. The highest BCUT2D eigenvalue weighted by atomic mass is 32.1. The van der Waals surface area contributed by atoms with Crippen molar-refractivity contribution in [3.05, 3.63) is 58.0 Å². The molecule has 24 heavy (non-hydrogen) atoms. The maximum atomic E-state index is 13.3. The molecule has 0 bridgehead atoms. The van der Waals surface area contributed by atoms with Gasteiger partial charge in [-0.1, -0.05) is 25.0 Å². The summed E-state index contributed by atoms with van der Waals surface area (Å²) in [5.74, 6) is -0.601. The highest BCUT2D eigenvalue weighted by molar-refractivity contribution is 7.10. The first-order chi connectivity index (χ1) is 11.7. The van der Waals surface area contributed by atoms with Crippen molar-refractivity contribution in [3.8, 4) is 0 Å². The van der Waals surface area contributed by atoms with Crippen molar-refractivity contribution in [2.45, 2.75) is 31.7 Å². The van der Waals surface area contributed by atoms with Gasteiger partial charge in [-0.15, -0.1) is 11.3 Å². The molecule has 0 radical (unpaired) electrons. The Bertz CT molecular complexity index is 651. The standard InChI is InChI=1S/C19H23FN2OS/c20-16-8-5-7-15(13-16)19(23)21-14-17(18-9-6-12-24-18)22-10-3-1-2-4-11-22/h5-9,12-13,17H,1-4,10-11,14H2,(H,21,23). The summed E-state index contributed by atoms with van der Waals surface area (Å²) in [5, 5.41) is 5.07. The number of nitrogens with zero attached hydrogens (tertiary/aromatic N) is 1. The fourth-order valence-electron chi connectivity index (χ4n) is 3.22. The molecule has 1 aromatic carbocycles. The van der Waals surface area contributed by atoms with Crippen LogP contribution in [-0.4, -0.2) is 30.4 Å². The van der Waals surface area contributed by atoms with Gasteiger partial charge >= 0.3 is 0 Å². The third-order valence-electron chi connectivity index (χ3n) is 4.50. The van der Waals surface area contributed by atoms with Crippen LogP contribution in [0.25, 0.3) is 0 Å². The molecule has 3 nitrogen and oxygen atoms in total. The van der Waals surface area contributed by atoms with Gasteiger partial charge in [-0.3, -0.25) is 9.69 Å². The van der Waals surface area contributed by atoms with Crippen molar-refractivity contribution in [2.75, 3.05) is 19.6 Å². The predicted octanol–water partition coefficient (Wildman–Crippen LogP) is 4.23. The minimum atomic E-state index is -0.384. The second-order valence-electron chi connectivity index (χ2n) is 6.20. The first kappa shape index (κ1) is 17.1. The Labute approximate surface area is 146 Å². The number of likely N-dealkylation sites (tertiary alicyclic amines) is 1. The summed E-state index contributed by atoms with van der Waals surface area (Å²) >= 11 is 1.73. The molecule has 1 fully saturated rings. The molecule has 1 atom stereocenters. The second kappa shape index (κ2) is 8.40. The zero-order chi connectivity index (χ0) is 16.8. The molecule has 5 heteroatoms. The number of hydrogen-bond donors (Lipinski definition) is 1. The van der Waals surface area contributed by atoms with E-state index in [0.717, 1.165) is 13.1 Å². The van der Waals surface area contributed by atoms with E-state index < -0.39 is 0 Å². The molecular formula is C19H23FN2OS. The van der Waals surface area contributed by atoms with Gasteiger partial charge in [0.05, 0.1) is 6.04 Å². The van der Waals surface area contributed by atoms with E-state index in [0.29, 0.717) is 12.1 Å². The molecule has 1 N–H and O–H groups in total. The lowest BCUT2D eigenvalue weighted by molar-refractivity contribution is 0.0933. The number of thiophene rings is 1. The maximum Gasteiger partial charge on any atom is 0.251 e. The van der Waals surface area contributed by atoms with Crippen LogP contribution < -0.4 is 5.32 Å². The highest BCUT2D eigenvalue weighted by Crippen LogP contribution is 2.27. The van der Waals surface area contributed by atoms with E-state index in [1.165, 1.54) is 42.7 Å². The summed E-state index contributed by atoms with van der Waals surface area (Å²) in [6, 6.07) is 10.2. The molecule has 2 aromatic rings. The molecule has 1 aliphatic heterocycles. The molecule has 1 unspecified atom stereocenters. The summed E-state index contributed by atoms with van der Waals surface area (Å²) < 4.78 is 13.3. The van der Waals surface area contributed by atoms with Crippen molar-refractivity contribution in [1.29, 1.82) is 0 Å². The normalized spacial score (nSPS) is 17.2. The fraction of sp³-hybridized carbons (Fsp3) is 0.421. The lowest BCUT2D eigenvalue weighted by Crippen LogP contribution is -2.38. The Hall–Kier alpha value is -1.72. The van der Waals surface area contributed by atoms with Gasteiger partial charge in [0.15, 0.2) is 0 Å². The number of rotatable bonds is 5. The molecule has 1 aromatic heterocycles. The van der Waals surface area contributed by atoms with Gasteiger partial charge in [-0.25, -0.2) is 4.39 Å². The number of carbonyl (C=O) groups is 1. The summed E-state index contributed by atoms with van der Waals surface area (Å²) in [6.07, 6.45) is 4.98. The van der Waals surface area contributed by atoms with Crippen LogP contribution in [0.5, 0.6) is 0 Å². The van der Waals surface area contributed by atoms with Crippen molar-refractivity contribution in [2.24, 2.45) is 0 Å². The molecule has 1 saturated heterocycles. The van der Waals surface area contributed by atoms with E-state index in [2.05, 4.69) is 27.7 Å². The lowest BCUT2D eigenvalue weighted by Gasteiger charge is -2.30. The first-order valence-corrected chi connectivity index (χ1v) is 9.43. The highest BCUT2D eigenvalue weighted by Gasteiger charge is 2.23. The predicted molar refractivity (Wildman–Crippen MR) is 95.8 cm³/mol. The van der Waals surface area contributed by atoms with Gasteiger partial charge in [0.1, 0.15) is 5.82 Å². The molecule has 1 aliphatic rings. The van der Waals surface area contributed by atoms with Crippen LogP contribution in [0.3, 0.4) is 0 Å². The largest absolute Gasteiger partial charge is 0.350 e. The zero-order valence-electron chi connectivity index (χ0n) is 13.7. The van der Waals surface area contributed by atoms with E-state index in [-0.39, 0.29) is 17.8 Å². The van der Waals surface area contributed by atoms with Gasteiger partial charge in [-0.2, -0.15) is 0 Å². The number of hydrogen-bond acceptors (Lipinski definition) is 3. The topological polar surface area (TPSA) is 32.3 Å². The molecule has 0 aliphatic carbocycles. The van der Waals surface area contributed by atoms with Gasteiger partial charge < -0.3 is 5.32 Å². The number of halogens is 1. The van der Waals surface area contributed by atoms with Crippen molar-refractivity contribution < 1.29 is 9.18 Å². The molecule has 0 spiro atoms. The molecule has 2 heterocycles. The Balaban J connectivity index is 1.69. The van der Waals surface area contributed by atoms with Crippen LogP contribution in [0.2, 0.25) is 0 Å². The van der Waals surface area contributed by atoms with Crippen molar-refractivity contribution in [1.82, 2.24) is 10.2 Å². The zero-order valence-corrected chi connectivity index (χ0v) is 14.5. The molecule has 128 valence electrons. The number of nitrogens with one attached hydrogen (secondary N) is 1. The van der Waals surface area contributed by atoms with Gasteiger partial charge in [-0.05, 0) is 55.6 Å². The average Bonchev–Trinajstić information content (AvgIpc) is 2.98.